The van der Waals surface area contributed by atoms with E-state index < -0.39 is 6.04 Å². The molecule has 1 heterocycles. The lowest BCUT2D eigenvalue weighted by Crippen LogP contribution is -2.42. The monoisotopic (exact) mass is 245 g/mol. The smallest absolute Gasteiger partial charge is 0.346 e. The number of carbonyl (C=O) groups excluding carboxylic acids is 2. The van der Waals surface area contributed by atoms with Gasteiger partial charge < -0.3 is 14.8 Å². The zero-order chi connectivity index (χ0) is 12.1. The Hall–Kier alpha value is -1.17. The summed E-state index contributed by atoms with van der Waals surface area (Å²) in [7, 11) is 1.33. The summed E-state index contributed by atoms with van der Waals surface area (Å²) in [5, 5.41) is 2.95. The number of carbonyl (C=O) groups is 2. The highest BCUT2D eigenvalue weighted by molar-refractivity contribution is 8.04. The molecule has 1 aliphatic heterocycles. The predicted molar refractivity (Wildman–Crippen MR) is 60.7 cm³/mol. The van der Waals surface area contributed by atoms with Crippen LogP contribution >= 0.6 is 11.8 Å². The van der Waals surface area contributed by atoms with Gasteiger partial charge in [-0.05, 0) is 13.8 Å². The first kappa shape index (κ1) is 12.9. The van der Waals surface area contributed by atoms with Crippen LogP contribution in [0.4, 0.5) is 0 Å². The Bertz CT molecular complexity index is 327. The minimum absolute atomic E-state index is 0.293. The van der Waals surface area contributed by atoms with E-state index in [-0.39, 0.29) is 11.9 Å². The van der Waals surface area contributed by atoms with Gasteiger partial charge in [-0.1, -0.05) is 0 Å². The minimum atomic E-state index is -0.390. The Kier molecular flexibility index (Phi) is 4.67. The van der Waals surface area contributed by atoms with Crippen LogP contribution in [0.25, 0.3) is 0 Å². The van der Waals surface area contributed by atoms with E-state index in [2.05, 4.69) is 10.1 Å². The van der Waals surface area contributed by atoms with Crippen LogP contribution in [0.15, 0.2) is 10.6 Å². The van der Waals surface area contributed by atoms with Gasteiger partial charge in [-0.25, -0.2) is 9.59 Å². The third kappa shape index (κ3) is 2.91. The lowest BCUT2D eigenvalue weighted by Gasteiger charge is -2.24. The number of nitrogens with one attached hydrogen (secondary N) is 1. The van der Waals surface area contributed by atoms with E-state index >= 15 is 0 Å². The molecule has 1 unspecified atom stereocenters. The van der Waals surface area contributed by atoms with Crippen molar-refractivity contribution in [1.29, 1.82) is 0 Å². The average molecular weight is 245 g/mol. The lowest BCUT2D eigenvalue weighted by molar-refractivity contribution is -0.145. The first-order chi connectivity index (χ1) is 7.60. The highest BCUT2D eigenvalue weighted by atomic mass is 32.2. The first-order valence-electron chi connectivity index (χ1n) is 4.95. The molecule has 0 spiro atoms. The Labute approximate surface area is 98.6 Å². The van der Waals surface area contributed by atoms with Crippen LogP contribution in [0.2, 0.25) is 0 Å². The molecule has 0 bridgehead atoms. The van der Waals surface area contributed by atoms with Crippen LogP contribution in [-0.4, -0.2) is 37.4 Å². The zero-order valence-electron chi connectivity index (χ0n) is 9.53. The molecule has 0 aliphatic carbocycles. The van der Waals surface area contributed by atoms with Gasteiger partial charge in [-0.3, -0.25) is 0 Å². The third-order valence-corrected chi connectivity index (χ3v) is 3.33. The van der Waals surface area contributed by atoms with Gasteiger partial charge in [0.15, 0.2) is 0 Å². The van der Waals surface area contributed by atoms with E-state index in [1.54, 1.807) is 13.8 Å². The molecule has 16 heavy (non-hydrogen) atoms. The number of methoxy groups -OCH3 is 1. The van der Waals surface area contributed by atoms with Gasteiger partial charge in [0.05, 0.1) is 13.7 Å². The van der Waals surface area contributed by atoms with Crippen molar-refractivity contribution in [2.45, 2.75) is 19.9 Å². The summed E-state index contributed by atoms with van der Waals surface area (Å²) in [4.78, 5) is 23.3. The molecule has 0 saturated heterocycles. The summed E-state index contributed by atoms with van der Waals surface area (Å²) in [6.07, 6.45) is 0. The predicted octanol–water partition coefficient (Wildman–Crippen LogP) is 0.659. The summed E-state index contributed by atoms with van der Waals surface area (Å²) < 4.78 is 9.53. The fourth-order valence-electron chi connectivity index (χ4n) is 1.32. The van der Waals surface area contributed by atoms with E-state index in [0.29, 0.717) is 23.0 Å². The molecule has 1 N–H and O–H groups in total. The van der Waals surface area contributed by atoms with Crippen LogP contribution < -0.4 is 5.32 Å². The Morgan fingerprint density at radius 3 is 2.75 bits per heavy atom. The molecule has 1 rings (SSSR count). The largest absolute Gasteiger partial charge is 0.465 e. The standard InChI is InChI=1S/C10H15NO4S/c1-4-15-9(12)7-5-16-8(6(2)11-7)10(13)14-3/h7,11H,4-5H2,1-3H3. The summed E-state index contributed by atoms with van der Waals surface area (Å²) in [6.45, 7) is 3.86. The minimum Gasteiger partial charge on any atom is -0.465 e. The lowest BCUT2D eigenvalue weighted by atomic mass is 10.3. The van der Waals surface area contributed by atoms with E-state index in [1.165, 1.54) is 18.9 Å². The maximum absolute atomic E-state index is 11.5. The fourth-order valence-corrected chi connectivity index (χ4v) is 2.35. The molecule has 90 valence electrons. The fraction of sp³-hybridized carbons (Fsp3) is 0.600. The molecule has 1 aliphatic rings. The normalized spacial score (nSPS) is 20.1. The van der Waals surface area contributed by atoms with Crippen molar-refractivity contribution < 1.29 is 19.1 Å². The third-order valence-electron chi connectivity index (χ3n) is 2.07. The average Bonchev–Trinajstić information content (AvgIpc) is 2.28. The quantitative estimate of drug-likeness (QED) is 0.737. The van der Waals surface area contributed by atoms with E-state index in [9.17, 15) is 9.59 Å². The summed E-state index contributed by atoms with van der Waals surface area (Å²) >= 11 is 1.31. The summed E-state index contributed by atoms with van der Waals surface area (Å²) in [5.74, 6) is -0.198. The van der Waals surface area contributed by atoms with E-state index in [1.807, 2.05) is 0 Å². The van der Waals surface area contributed by atoms with Crippen molar-refractivity contribution in [3.63, 3.8) is 0 Å². The second-order valence-corrected chi connectivity index (χ2v) is 4.24. The first-order valence-corrected chi connectivity index (χ1v) is 5.93. The van der Waals surface area contributed by atoms with Crippen LogP contribution in [0.5, 0.6) is 0 Å². The maximum atomic E-state index is 11.5. The van der Waals surface area contributed by atoms with Gasteiger partial charge in [0.1, 0.15) is 10.9 Å². The molecule has 0 fully saturated rings. The van der Waals surface area contributed by atoms with Crippen LogP contribution in [0.1, 0.15) is 13.8 Å². The van der Waals surface area contributed by atoms with Crippen LogP contribution in [0, 0.1) is 0 Å². The molecule has 0 amide bonds. The van der Waals surface area contributed by atoms with Gasteiger partial charge in [-0.15, -0.1) is 11.8 Å². The highest BCUT2D eigenvalue weighted by Gasteiger charge is 2.28. The SMILES string of the molecule is CCOC(=O)C1CSC(C(=O)OC)=C(C)N1. The van der Waals surface area contributed by atoms with Crippen molar-refractivity contribution in [2.24, 2.45) is 0 Å². The molecule has 0 aromatic heterocycles. The molecule has 5 nitrogen and oxygen atoms in total. The summed E-state index contributed by atoms with van der Waals surface area (Å²) in [5.41, 5.74) is 0.654. The number of esters is 2. The van der Waals surface area contributed by atoms with E-state index in [0.717, 1.165) is 0 Å². The topological polar surface area (TPSA) is 64.6 Å². The van der Waals surface area contributed by atoms with Crippen molar-refractivity contribution in [2.75, 3.05) is 19.5 Å². The number of hydrogen-bond acceptors (Lipinski definition) is 6. The van der Waals surface area contributed by atoms with Crippen LogP contribution in [0.3, 0.4) is 0 Å². The van der Waals surface area contributed by atoms with Crippen molar-refractivity contribution >= 4 is 23.7 Å². The molecule has 0 aromatic carbocycles. The van der Waals surface area contributed by atoms with Crippen molar-refractivity contribution in [3.8, 4) is 0 Å². The number of hydrogen-bond donors (Lipinski definition) is 1. The maximum Gasteiger partial charge on any atom is 0.346 e. The zero-order valence-corrected chi connectivity index (χ0v) is 10.3. The molecular weight excluding hydrogens is 230 g/mol. The highest BCUT2D eigenvalue weighted by Crippen LogP contribution is 2.26. The molecule has 0 aromatic rings. The summed E-state index contributed by atoms with van der Waals surface area (Å²) in [6, 6.07) is -0.390. The molecule has 0 radical (unpaired) electrons. The molecule has 1 atom stereocenters. The number of allylic oxidation sites excluding steroid dienone is 1. The van der Waals surface area contributed by atoms with Gasteiger partial charge in [0, 0.05) is 11.4 Å². The molecular formula is C10H15NO4S. The van der Waals surface area contributed by atoms with Crippen molar-refractivity contribution in [1.82, 2.24) is 5.32 Å². The Morgan fingerprint density at radius 2 is 2.25 bits per heavy atom. The second kappa shape index (κ2) is 5.79. The Balaban J connectivity index is 2.67. The number of thioether (sulfide) groups is 1. The van der Waals surface area contributed by atoms with Gasteiger partial charge >= 0.3 is 11.9 Å². The number of rotatable bonds is 3. The Morgan fingerprint density at radius 1 is 1.56 bits per heavy atom. The number of ether oxygens (including phenoxy) is 2. The molecule has 6 heteroatoms. The van der Waals surface area contributed by atoms with Gasteiger partial charge in [-0.2, -0.15) is 0 Å². The second-order valence-electron chi connectivity index (χ2n) is 3.21. The van der Waals surface area contributed by atoms with Crippen molar-refractivity contribution in [3.05, 3.63) is 10.6 Å². The molecule has 0 saturated carbocycles. The van der Waals surface area contributed by atoms with Crippen LogP contribution in [-0.2, 0) is 19.1 Å². The van der Waals surface area contributed by atoms with Gasteiger partial charge in [0.25, 0.3) is 0 Å². The van der Waals surface area contributed by atoms with E-state index in [4.69, 9.17) is 4.74 Å². The van der Waals surface area contributed by atoms with Gasteiger partial charge in [0.2, 0.25) is 0 Å².